The minimum Gasteiger partial charge on any atom is -0.504 e. The number of carboxylic acid groups (broad SMARTS) is 1. The van der Waals surface area contributed by atoms with Gasteiger partial charge in [0.05, 0.1) is 22.0 Å². The summed E-state index contributed by atoms with van der Waals surface area (Å²) in [6.45, 7) is 0. The summed E-state index contributed by atoms with van der Waals surface area (Å²) >= 11 is 9.66. The third-order valence-corrected chi connectivity index (χ3v) is 6.41. The van der Waals surface area contributed by atoms with Crippen molar-refractivity contribution in [1.82, 2.24) is 0 Å². The first-order chi connectivity index (χ1) is 11.7. The molecule has 4 N–H and O–H groups in total. The highest BCUT2D eigenvalue weighted by molar-refractivity contribution is 9.13. The van der Waals surface area contributed by atoms with Gasteiger partial charge in [-0.2, -0.15) is 0 Å². The molecule has 9 heteroatoms. The molecule has 2 rings (SSSR count). The average molecular weight is 541 g/mol. The quantitative estimate of drug-likeness (QED) is 0.416. The molecule has 1 unspecified atom stereocenters. The molecule has 0 spiro atoms. The van der Waals surface area contributed by atoms with Crippen molar-refractivity contribution in [1.29, 1.82) is 0 Å². The Morgan fingerprint density at radius 3 is 2.24 bits per heavy atom. The van der Waals surface area contributed by atoms with Crippen LogP contribution in [0.2, 0.25) is 0 Å². The molecule has 0 aliphatic rings. The number of aliphatic carboxylic acids is 1. The predicted octanol–water partition coefficient (Wildman–Crippen LogP) is 4.51. The van der Waals surface area contributed by atoms with E-state index in [-0.39, 0.29) is 33.9 Å². The van der Waals surface area contributed by atoms with E-state index in [1.54, 1.807) is 6.07 Å². The number of halogens is 3. The van der Waals surface area contributed by atoms with E-state index in [0.29, 0.717) is 20.1 Å². The van der Waals surface area contributed by atoms with Crippen LogP contribution in [0.15, 0.2) is 31.6 Å². The minimum absolute atomic E-state index is 0.0144. The van der Waals surface area contributed by atoms with Gasteiger partial charge in [-0.25, -0.2) is 0 Å². The number of hydrogen-bond donors (Lipinski definition) is 4. The molecular formula is C16H13Br3O6. The summed E-state index contributed by atoms with van der Waals surface area (Å²) in [5.74, 6) is -2.79. The van der Waals surface area contributed by atoms with Crippen LogP contribution in [0.4, 0.5) is 0 Å². The topological polar surface area (TPSA) is 107 Å². The SMILES string of the molecule is COc1c(O)cc(C(Cc2cc(O)c(O)c(Br)c2Br)C(=O)O)cc1Br. The number of aromatic hydroxyl groups is 3. The molecule has 2 aromatic carbocycles. The van der Waals surface area contributed by atoms with Crippen molar-refractivity contribution >= 4 is 53.8 Å². The van der Waals surface area contributed by atoms with Crippen molar-refractivity contribution in [3.8, 4) is 23.0 Å². The molecule has 0 bridgehead atoms. The van der Waals surface area contributed by atoms with Crippen molar-refractivity contribution in [2.75, 3.05) is 7.11 Å². The molecule has 0 radical (unpaired) electrons. The Kier molecular flexibility index (Phi) is 6.23. The number of rotatable bonds is 5. The molecular weight excluding hydrogens is 528 g/mol. The Labute approximate surface area is 168 Å². The fourth-order valence-corrected chi connectivity index (χ4v) is 3.92. The van der Waals surface area contributed by atoms with Gasteiger partial charge in [-0.1, -0.05) is 0 Å². The number of carboxylic acids is 1. The highest BCUT2D eigenvalue weighted by Crippen LogP contribution is 2.43. The van der Waals surface area contributed by atoms with Gasteiger partial charge in [0.25, 0.3) is 0 Å². The van der Waals surface area contributed by atoms with Gasteiger partial charge in [0, 0.05) is 4.47 Å². The summed E-state index contributed by atoms with van der Waals surface area (Å²) in [6, 6.07) is 4.17. The molecule has 0 saturated heterocycles. The maximum Gasteiger partial charge on any atom is 0.311 e. The molecule has 0 aliphatic heterocycles. The van der Waals surface area contributed by atoms with Crippen molar-refractivity contribution in [3.63, 3.8) is 0 Å². The fourth-order valence-electron chi connectivity index (χ4n) is 2.37. The number of carbonyl (C=O) groups is 1. The van der Waals surface area contributed by atoms with Gasteiger partial charge in [-0.3, -0.25) is 4.79 Å². The van der Waals surface area contributed by atoms with E-state index in [9.17, 15) is 25.2 Å². The van der Waals surface area contributed by atoms with Gasteiger partial charge >= 0.3 is 5.97 Å². The number of phenolic OH excluding ortho intramolecular Hbond substituents is 3. The molecule has 0 aliphatic carbocycles. The largest absolute Gasteiger partial charge is 0.504 e. The lowest BCUT2D eigenvalue weighted by Gasteiger charge is -2.17. The number of hydrogen-bond acceptors (Lipinski definition) is 5. The van der Waals surface area contributed by atoms with Crippen molar-refractivity contribution in [2.45, 2.75) is 12.3 Å². The lowest BCUT2D eigenvalue weighted by Crippen LogP contribution is -2.15. The monoisotopic (exact) mass is 538 g/mol. The van der Waals surface area contributed by atoms with Gasteiger partial charge in [-0.05, 0) is 83.5 Å². The maximum atomic E-state index is 11.8. The highest BCUT2D eigenvalue weighted by Gasteiger charge is 2.25. The van der Waals surface area contributed by atoms with E-state index < -0.39 is 11.9 Å². The molecule has 2 aromatic rings. The lowest BCUT2D eigenvalue weighted by atomic mass is 9.91. The Morgan fingerprint density at radius 1 is 1.08 bits per heavy atom. The molecule has 0 fully saturated rings. The molecule has 0 saturated carbocycles. The van der Waals surface area contributed by atoms with E-state index in [1.165, 1.54) is 19.2 Å². The first-order valence-corrected chi connectivity index (χ1v) is 9.23. The van der Waals surface area contributed by atoms with Crippen LogP contribution in [0.25, 0.3) is 0 Å². The van der Waals surface area contributed by atoms with Gasteiger partial charge in [0.15, 0.2) is 23.0 Å². The fraction of sp³-hybridized carbons (Fsp3) is 0.188. The van der Waals surface area contributed by atoms with Crippen molar-refractivity contribution in [2.24, 2.45) is 0 Å². The molecule has 25 heavy (non-hydrogen) atoms. The molecule has 1 atom stereocenters. The Balaban J connectivity index is 2.50. The molecule has 0 heterocycles. The number of ether oxygens (including phenoxy) is 1. The zero-order valence-electron chi connectivity index (χ0n) is 12.8. The minimum atomic E-state index is -1.10. The Morgan fingerprint density at radius 2 is 1.72 bits per heavy atom. The van der Waals surface area contributed by atoms with Crippen LogP contribution < -0.4 is 4.74 Å². The van der Waals surface area contributed by atoms with Gasteiger partial charge in [0.2, 0.25) is 0 Å². The van der Waals surface area contributed by atoms with Crippen LogP contribution in [-0.2, 0) is 11.2 Å². The van der Waals surface area contributed by atoms with E-state index in [0.717, 1.165) is 0 Å². The third-order valence-electron chi connectivity index (χ3n) is 3.61. The maximum absolute atomic E-state index is 11.8. The van der Waals surface area contributed by atoms with E-state index >= 15 is 0 Å². The summed E-state index contributed by atoms with van der Waals surface area (Å²) in [6.07, 6.45) is 0.0144. The molecule has 134 valence electrons. The second-order valence-electron chi connectivity index (χ2n) is 5.18. The Hall–Kier alpha value is -1.45. The molecule has 0 amide bonds. The summed E-state index contributed by atoms with van der Waals surface area (Å²) < 4.78 is 6.12. The van der Waals surface area contributed by atoms with Crippen LogP contribution in [0.3, 0.4) is 0 Å². The molecule has 6 nitrogen and oxygen atoms in total. The van der Waals surface area contributed by atoms with Crippen LogP contribution in [-0.4, -0.2) is 33.5 Å². The van der Waals surface area contributed by atoms with Gasteiger partial charge in [0.1, 0.15) is 0 Å². The summed E-state index contributed by atoms with van der Waals surface area (Å²) in [7, 11) is 1.39. The molecule has 0 aromatic heterocycles. The standard InChI is InChI=1S/C16H13Br3O6/c1-25-15-9(17)3-6(4-11(15)21)8(16(23)24)2-7-5-10(20)14(22)13(19)12(7)18/h3-5,8,20-22H,2H2,1H3,(H,23,24). The third kappa shape index (κ3) is 4.04. The van der Waals surface area contributed by atoms with Crippen LogP contribution in [0.5, 0.6) is 23.0 Å². The first kappa shape index (κ1) is 19.9. The van der Waals surface area contributed by atoms with Crippen molar-refractivity contribution in [3.05, 3.63) is 42.7 Å². The predicted molar refractivity (Wildman–Crippen MR) is 102 cm³/mol. The van der Waals surface area contributed by atoms with E-state index in [4.69, 9.17) is 4.74 Å². The summed E-state index contributed by atoms with van der Waals surface area (Å²) in [5.41, 5.74) is 0.828. The number of benzene rings is 2. The summed E-state index contributed by atoms with van der Waals surface area (Å²) in [4.78, 5) is 11.8. The highest BCUT2D eigenvalue weighted by atomic mass is 79.9. The van der Waals surface area contributed by atoms with Gasteiger partial charge < -0.3 is 25.2 Å². The Bertz CT molecular complexity index is 814. The van der Waals surface area contributed by atoms with E-state index in [2.05, 4.69) is 47.8 Å². The van der Waals surface area contributed by atoms with Crippen LogP contribution in [0, 0.1) is 0 Å². The zero-order chi connectivity index (χ0) is 18.9. The lowest BCUT2D eigenvalue weighted by molar-refractivity contribution is -0.138. The number of phenols is 3. The normalized spacial score (nSPS) is 12.0. The summed E-state index contributed by atoms with van der Waals surface area (Å²) in [5, 5.41) is 39.1. The zero-order valence-corrected chi connectivity index (χ0v) is 17.5. The smallest absolute Gasteiger partial charge is 0.311 e. The van der Waals surface area contributed by atoms with Crippen LogP contribution >= 0.6 is 47.8 Å². The number of methoxy groups -OCH3 is 1. The van der Waals surface area contributed by atoms with Gasteiger partial charge in [-0.15, -0.1) is 0 Å². The van der Waals surface area contributed by atoms with Crippen LogP contribution in [0.1, 0.15) is 17.0 Å². The average Bonchev–Trinajstić information content (AvgIpc) is 2.54. The van der Waals surface area contributed by atoms with Crippen molar-refractivity contribution < 1.29 is 30.0 Å². The second-order valence-corrected chi connectivity index (χ2v) is 7.62. The second kappa shape index (κ2) is 7.84. The van der Waals surface area contributed by atoms with E-state index in [1.807, 2.05) is 0 Å². The first-order valence-electron chi connectivity index (χ1n) is 6.85.